The van der Waals surface area contributed by atoms with Crippen molar-refractivity contribution in [2.45, 2.75) is 38.2 Å². The minimum absolute atomic E-state index is 0.0192. The molecule has 4 amide bonds. The van der Waals surface area contributed by atoms with E-state index in [1.54, 1.807) is 70.3 Å². The molecule has 0 aromatic heterocycles. The number of aryl methyl sites for hydroxylation is 1. The van der Waals surface area contributed by atoms with Gasteiger partial charge in [0.25, 0.3) is 0 Å². The zero-order chi connectivity index (χ0) is 30.0. The Morgan fingerprint density at radius 1 is 0.878 bits per heavy atom. The van der Waals surface area contributed by atoms with E-state index in [1.807, 2.05) is 43.3 Å². The van der Waals surface area contributed by atoms with Crippen molar-refractivity contribution in [1.82, 2.24) is 5.32 Å². The molecule has 0 saturated heterocycles. The van der Waals surface area contributed by atoms with Crippen molar-refractivity contribution in [2.75, 3.05) is 41.0 Å². The topological polar surface area (TPSA) is 108 Å². The van der Waals surface area contributed by atoms with Crippen molar-refractivity contribution < 1.29 is 23.9 Å². The molecule has 0 unspecified atom stereocenters. The van der Waals surface area contributed by atoms with Gasteiger partial charge in [-0.1, -0.05) is 42.5 Å². The van der Waals surface area contributed by atoms with E-state index in [-0.39, 0.29) is 24.7 Å². The first-order chi connectivity index (χ1) is 19.4. The second kappa shape index (κ2) is 14.4. The maximum atomic E-state index is 13.5. The number of nitrogens with zero attached hydrogens (tertiary/aromatic N) is 2. The molecule has 3 aromatic carbocycles. The van der Waals surface area contributed by atoms with Crippen LogP contribution in [0.3, 0.4) is 0 Å². The van der Waals surface area contributed by atoms with Gasteiger partial charge in [0.05, 0.1) is 18.0 Å². The number of esters is 1. The van der Waals surface area contributed by atoms with Gasteiger partial charge in [-0.05, 0) is 69.7 Å². The van der Waals surface area contributed by atoms with Crippen molar-refractivity contribution in [3.8, 4) is 0 Å². The maximum Gasteiger partial charge on any atom is 0.319 e. The predicted octanol–water partition coefficient (Wildman–Crippen LogP) is 5.25. The van der Waals surface area contributed by atoms with Gasteiger partial charge in [-0.2, -0.15) is 0 Å². The van der Waals surface area contributed by atoms with Crippen molar-refractivity contribution in [3.63, 3.8) is 0 Å². The molecule has 0 spiro atoms. The van der Waals surface area contributed by atoms with E-state index in [2.05, 4.69) is 10.6 Å². The van der Waals surface area contributed by atoms with E-state index in [4.69, 9.17) is 4.74 Å². The van der Waals surface area contributed by atoms with E-state index in [9.17, 15) is 19.2 Å². The smallest absolute Gasteiger partial charge is 0.319 e. The Balaban J connectivity index is 1.80. The number of anilines is 3. The highest BCUT2D eigenvalue weighted by Gasteiger charge is 2.25. The van der Waals surface area contributed by atoms with Gasteiger partial charge in [-0.3, -0.25) is 14.4 Å². The Labute approximate surface area is 245 Å². The first-order valence-corrected chi connectivity index (χ1v) is 14.1. The third-order valence-corrected chi connectivity index (χ3v) is 6.75. The van der Waals surface area contributed by atoms with Crippen molar-refractivity contribution in [3.05, 3.63) is 84.4 Å². The van der Waals surface area contributed by atoms with Gasteiger partial charge in [0, 0.05) is 23.3 Å². The molecular formula is C31H36N4O5S. The second-order valence-electron chi connectivity index (χ2n) is 10.3. The molecule has 0 heterocycles. The first-order valence-electron chi connectivity index (χ1n) is 13.1. The molecular weight excluding hydrogens is 540 g/mol. The standard InChI is InChI=1S/C31H36N4O5S/c1-22-12-11-13-23(18-22)33-30(39)32-19-27(36)35(20-28(37)34(5)24-14-7-6-8-15-24)25-16-9-10-17-26(25)41-21-29(38)40-31(2,3)4/h6-18H,19-21H2,1-5H3,(H2,32,33,39). The number of ether oxygens (including phenoxy) is 1. The fourth-order valence-electron chi connectivity index (χ4n) is 3.80. The van der Waals surface area contributed by atoms with Gasteiger partial charge in [0.1, 0.15) is 12.1 Å². The van der Waals surface area contributed by atoms with Crippen LogP contribution >= 0.6 is 11.8 Å². The number of hydrogen-bond donors (Lipinski definition) is 2. The molecule has 3 aromatic rings. The van der Waals surface area contributed by atoms with Gasteiger partial charge < -0.3 is 25.2 Å². The fourth-order valence-corrected chi connectivity index (χ4v) is 4.64. The summed E-state index contributed by atoms with van der Waals surface area (Å²) in [7, 11) is 1.64. The maximum absolute atomic E-state index is 13.5. The molecule has 0 aliphatic rings. The SMILES string of the molecule is Cc1cccc(NC(=O)NCC(=O)N(CC(=O)N(C)c2ccccc2)c2ccccc2SCC(=O)OC(C)(C)C)c1. The van der Waals surface area contributed by atoms with Crippen molar-refractivity contribution in [2.24, 2.45) is 0 Å². The summed E-state index contributed by atoms with van der Waals surface area (Å²) in [4.78, 5) is 55.2. The van der Waals surface area contributed by atoms with E-state index in [0.29, 0.717) is 22.0 Å². The quantitative estimate of drug-likeness (QED) is 0.252. The molecule has 9 nitrogen and oxygen atoms in total. The van der Waals surface area contributed by atoms with Gasteiger partial charge in [0.15, 0.2) is 0 Å². The third-order valence-electron chi connectivity index (χ3n) is 5.71. The molecule has 0 aliphatic heterocycles. The largest absolute Gasteiger partial charge is 0.459 e. The Bertz CT molecular complexity index is 1370. The minimum atomic E-state index is -0.627. The monoisotopic (exact) mass is 576 g/mol. The number of thioether (sulfide) groups is 1. The summed E-state index contributed by atoms with van der Waals surface area (Å²) in [5.74, 6) is -1.21. The molecule has 3 rings (SSSR count). The number of urea groups is 1. The number of likely N-dealkylation sites (N-methyl/N-ethyl adjacent to an activating group) is 1. The Morgan fingerprint density at radius 3 is 2.24 bits per heavy atom. The molecule has 41 heavy (non-hydrogen) atoms. The van der Waals surface area contributed by atoms with Crippen LogP contribution in [0.4, 0.5) is 21.9 Å². The molecule has 10 heteroatoms. The number of rotatable bonds is 10. The fraction of sp³-hybridized carbons (Fsp3) is 0.290. The third kappa shape index (κ3) is 9.99. The number of nitrogens with one attached hydrogen (secondary N) is 2. The number of para-hydroxylation sites is 2. The zero-order valence-corrected chi connectivity index (χ0v) is 24.8. The lowest BCUT2D eigenvalue weighted by Gasteiger charge is -2.27. The van der Waals surface area contributed by atoms with Crippen LogP contribution in [0.25, 0.3) is 0 Å². The average Bonchev–Trinajstić information content (AvgIpc) is 2.93. The van der Waals surface area contributed by atoms with Crippen LogP contribution in [-0.4, -0.2) is 55.3 Å². The van der Waals surface area contributed by atoms with Gasteiger partial charge in [-0.25, -0.2) is 4.79 Å². The highest BCUT2D eigenvalue weighted by Crippen LogP contribution is 2.31. The highest BCUT2D eigenvalue weighted by molar-refractivity contribution is 8.00. The number of carbonyl (C=O) groups excluding carboxylic acids is 4. The molecule has 216 valence electrons. The molecule has 0 atom stereocenters. The zero-order valence-electron chi connectivity index (χ0n) is 24.0. The number of amides is 4. The number of carbonyl (C=O) groups is 4. The van der Waals surface area contributed by atoms with Crippen LogP contribution in [0, 0.1) is 6.92 Å². The summed E-state index contributed by atoms with van der Waals surface area (Å²) in [5.41, 5.74) is 2.06. The van der Waals surface area contributed by atoms with Gasteiger partial charge >= 0.3 is 12.0 Å². The first kappa shape index (κ1) is 31.2. The molecule has 2 N–H and O–H groups in total. The molecule has 0 aliphatic carbocycles. The van der Waals surface area contributed by atoms with Crippen molar-refractivity contribution >= 4 is 52.6 Å². The highest BCUT2D eigenvalue weighted by atomic mass is 32.2. The molecule has 0 saturated carbocycles. The van der Waals surface area contributed by atoms with E-state index in [0.717, 1.165) is 5.56 Å². The summed E-state index contributed by atoms with van der Waals surface area (Å²) in [5, 5.41) is 5.29. The predicted molar refractivity (Wildman–Crippen MR) is 163 cm³/mol. The minimum Gasteiger partial charge on any atom is -0.459 e. The van der Waals surface area contributed by atoms with Crippen LogP contribution < -0.4 is 20.4 Å². The lowest BCUT2D eigenvalue weighted by atomic mass is 10.2. The summed E-state index contributed by atoms with van der Waals surface area (Å²) in [6.45, 7) is 6.65. The lowest BCUT2D eigenvalue weighted by molar-refractivity contribution is -0.151. The van der Waals surface area contributed by atoms with E-state index >= 15 is 0 Å². The number of hydrogen-bond acceptors (Lipinski definition) is 6. The average molecular weight is 577 g/mol. The van der Waals surface area contributed by atoms with Crippen LogP contribution in [0.1, 0.15) is 26.3 Å². The Kier molecular flexibility index (Phi) is 10.9. The Hall–Kier alpha value is -4.31. The van der Waals surface area contributed by atoms with Gasteiger partial charge in [-0.15, -0.1) is 11.8 Å². The van der Waals surface area contributed by atoms with E-state index in [1.165, 1.54) is 21.6 Å². The van der Waals surface area contributed by atoms with Crippen LogP contribution in [0.2, 0.25) is 0 Å². The van der Waals surface area contributed by atoms with Crippen molar-refractivity contribution in [1.29, 1.82) is 0 Å². The summed E-state index contributed by atoms with van der Waals surface area (Å²) in [6, 6.07) is 22.8. The lowest BCUT2D eigenvalue weighted by Crippen LogP contribution is -2.46. The van der Waals surface area contributed by atoms with E-state index < -0.39 is 23.5 Å². The Morgan fingerprint density at radius 2 is 1.56 bits per heavy atom. The number of benzene rings is 3. The second-order valence-corrected chi connectivity index (χ2v) is 11.3. The van der Waals surface area contributed by atoms with Crippen LogP contribution in [0.15, 0.2) is 83.8 Å². The normalized spacial score (nSPS) is 10.9. The molecule has 0 fully saturated rings. The molecule has 0 radical (unpaired) electrons. The summed E-state index contributed by atoms with van der Waals surface area (Å²) in [6.07, 6.45) is 0. The van der Waals surface area contributed by atoms with Crippen LogP contribution in [-0.2, 0) is 19.1 Å². The molecule has 0 bridgehead atoms. The summed E-state index contributed by atoms with van der Waals surface area (Å²) < 4.78 is 5.42. The summed E-state index contributed by atoms with van der Waals surface area (Å²) >= 11 is 1.21. The van der Waals surface area contributed by atoms with Gasteiger partial charge in [0.2, 0.25) is 11.8 Å². The van der Waals surface area contributed by atoms with Crippen LogP contribution in [0.5, 0.6) is 0 Å².